The number of hydrogen-bond acceptors (Lipinski definition) is 0. The van der Waals surface area contributed by atoms with Gasteiger partial charge in [0.2, 0.25) is 0 Å². The third-order valence-corrected chi connectivity index (χ3v) is 5.45. The van der Waals surface area contributed by atoms with Gasteiger partial charge in [0.15, 0.2) is 0 Å². The second kappa shape index (κ2) is 14.9. The van der Waals surface area contributed by atoms with Crippen LogP contribution in [0.4, 0.5) is 0 Å². The Bertz CT molecular complexity index is 1300. The molecular formula is C33H30Cl2Zr-4. The van der Waals surface area contributed by atoms with Gasteiger partial charge in [-0.15, -0.1) is 69.1 Å². The third kappa shape index (κ3) is 8.24. The summed E-state index contributed by atoms with van der Waals surface area (Å²) in [6, 6.07) is 46.9. The van der Waals surface area contributed by atoms with Gasteiger partial charge in [-0.3, -0.25) is 0 Å². The van der Waals surface area contributed by atoms with Crippen molar-refractivity contribution in [2.45, 2.75) is 0 Å². The summed E-state index contributed by atoms with van der Waals surface area (Å²) in [5, 5.41) is 5.26. The molecule has 0 atom stereocenters. The molecule has 0 unspecified atom stereocenters. The second-order valence-electron chi connectivity index (χ2n) is 7.82. The molecule has 0 nitrogen and oxygen atoms in total. The van der Waals surface area contributed by atoms with Crippen LogP contribution in [-0.4, -0.2) is 4.21 Å². The van der Waals surface area contributed by atoms with Crippen LogP contribution in [0.25, 0.3) is 43.8 Å². The standard InChI is InChI=1S/2C15H11.2CH3.CH2.2ClH.Zr/c2*1-2-6-12(7-3-1)15-10-13-8-4-5-9-14(13)11-15;;;;;;/h2*1-11H;2*1H3;1H2;2*1H;/q4*-1;;;;+2/p-2. The van der Waals surface area contributed by atoms with Gasteiger partial charge < -0.3 is 14.9 Å². The maximum Gasteiger partial charge on any atom is -0.0635 e. The van der Waals surface area contributed by atoms with Crippen molar-refractivity contribution >= 4 is 42.8 Å². The van der Waals surface area contributed by atoms with Crippen LogP contribution in [0, 0.1) is 14.9 Å². The zero-order valence-electron chi connectivity index (χ0n) is 20.7. The quantitative estimate of drug-likeness (QED) is 0.177. The number of fused-ring (bicyclic) bond motifs is 2. The van der Waals surface area contributed by atoms with E-state index in [1.165, 1.54) is 43.8 Å². The van der Waals surface area contributed by atoms with Crippen molar-refractivity contribution in [3.63, 3.8) is 0 Å². The first kappa shape index (κ1) is 29.7. The molecule has 0 spiro atoms. The number of rotatable bonds is 2. The Morgan fingerprint density at radius 2 is 0.806 bits per heavy atom. The molecule has 184 valence electrons. The van der Waals surface area contributed by atoms with Crippen molar-refractivity contribution in [2.75, 3.05) is 0 Å². The second-order valence-corrected chi connectivity index (χ2v) is 16.0. The molecule has 6 aromatic carbocycles. The summed E-state index contributed by atoms with van der Waals surface area (Å²) in [6.07, 6.45) is 0. The molecule has 0 amide bonds. The maximum absolute atomic E-state index is 5.13. The number of hydrogen-bond donors (Lipinski definition) is 0. The van der Waals surface area contributed by atoms with Crippen molar-refractivity contribution in [3.05, 3.63) is 148 Å². The monoisotopic (exact) mass is 586 g/mol. The molecule has 6 rings (SSSR count). The normalized spacial score (nSPS) is 9.61. The van der Waals surface area contributed by atoms with Crippen molar-refractivity contribution in [1.29, 1.82) is 0 Å². The van der Waals surface area contributed by atoms with E-state index in [0.29, 0.717) is 0 Å². The summed E-state index contributed by atoms with van der Waals surface area (Å²) in [5.41, 5.74) is 5.18. The summed E-state index contributed by atoms with van der Waals surface area (Å²) in [7, 11) is 10.3. The van der Waals surface area contributed by atoms with E-state index in [2.05, 4.69) is 126 Å². The van der Waals surface area contributed by atoms with Crippen LogP contribution in [0.2, 0.25) is 0 Å². The molecule has 0 radical (unpaired) electrons. The molecule has 0 aromatic heterocycles. The van der Waals surface area contributed by atoms with Gasteiger partial charge in [-0.25, -0.2) is 0 Å². The molecule has 0 saturated heterocycles. The topological polar surface area (TPSA) is 0 Å². The van der Waals surface area contributed by atoms with Crippen LogP contribution in [0.3, 0.4) is 0 Å². The Kier molecular flexibility index (Phi) is 12.2. The van der Waals surface area contributed by atoms with Gasteiger partial charge in [0.1, 0.15) is 0 Å². The summed E-state index contributed by atoms with van der Waals surface area (Å²) in [4.78, 5) is 0. The Labute approximate surface area is 230 Å². The Hall–Kier alpha value is -2.57. The fraction of sp³-hybridized carbons (Fsp3) is 0. The molecule has 0 aliphatic carbocycles. The molecule has 0 bridgehead atoms. The number of benzene rings is 4. The smallest absolute Gasteiger partial charge is 0.0635 e. The minimum absolute atomic E-state index is 0. The first-order chi connectivity index (χ1) is 16.6. The summed E-state index contributed by atoms with van der Waals surface area (Å²) >= 11 is -1.85. The first-order valence-electron chi connectivity index (χ1n) is 11.0. The molecule has 36 heavy (non-hydrogen) atoms. The van der Waals surface area contributed by atoms with E-state index < -0.39 is 18.9 Å². The molecule has 0 aliphatic heterocycles. The van der Waals surface area contributed by atoms with Crippen LogP contribution < -0.4 is 0 Å². The molecule has 0 aliphatic rings. The van der Waals surface area contributed by atoms with Gasteiger partial charge >= 0.3 is 40.1 Å². The Balaban J connectivity index is 0.000000211. The van der Waals surface area contributed by atoms with Crippen LogP contribution >= 0.6 is 17.0 Å². The SMILES string of the molecule is [CH2]=[Zr]([Cl])[Cl].[CH3-].[CH3-].c1ccc(-c2cc3ccccc3[cH-]2)cc1.c1ccc(-c2cc3ccccc3[cH-]2)cc1. The van der Waals surface area contributed by atoms with Gasteiger partial charge in [-0.2, -0.15) is 0 Å². The van der Waals surface area contributed by atoms with E-state index in [4.69, 9.17) is 17.0 Å². The zero-order valence-corrected chi connectivity index (χ0v) is 24.6. The van der Waals surface area contributed by atoms with E-state index in [1.54, 1.807) is 0 Å². The van der Waals surface area contributed by atoms with E-state index in [9.17, 15) is 0 Å². The van der Waals surface area contributed by atoms with Gasteiger partial charge in [0, 0.05) is 0 Å². The predicted octanol–water partition coefficient (Wildman–Crippen LogP) is 10.7. The van der Waals surface area contributed by atoms with Crippen molar-refractivity contribution < 1.29 is 18.9 Å². The Morgan fingerprint density at radius 1 is 0.500 bits per heavy atom. The molecule has 0 heterocycles. The summed E-state index contributed by atoms with van der Waals surface area (Å²) in [6.45, 7) is 0. The average Bonchev–Trinajstić information content (AvgIpc) is 3.50. The fourth-order valence-corrected chi connectivity index (χ4v) is 3.90. The minimum Gasteiger partial charge on any atom is -0.358 e. The Morgan fingerprint density at radius 3 is 1.14 bits per heavy atom. The molecule has 0 fully saturated rings. The van der Waals surface area contributed by atoms with E-state index in [-0.39, 0.29) is 14.9 Å². The van der Waals surface area contributed by atoms with Crippen molar-refractivity contribution in [3.8, 4) is 22.3 Å². The van der Waals surface area contributed by atoms with E-state index in [1.807, 2.05) is 12.1 Å². The molecular weight excluding hydrogens is 558 g/mol. The van der Waals surface area contributed by atoms with Gasteiger partial charge in [-0.05, 0) is 0 Å². The molecule has 6 aromatic rings. The molecule has 3 heteroatoms. The van der Waals surface area contributed by atoms with Gasteiger partial charge in [-0.1, -0.05) is 108 Å². The molecule has 0 saturated carbocycles. The van der Waals surface area contributed by atoms with Gasteiger partial charge in [0.25, 0.3) is 0 Å². The van der Waals surface area contributed by atoms with E-state index >= 15 is 0 Å². The minimum atomic E-state index is -1.85. The fourth-order valence-electron chi connectivity index (χ4n) is 3.90. The van der Waals surface area contributed by atoms with E-state index in [0.717, 1.165) is 0 Å². The first-order valence-corrected chi connectivity index (χ1v) is 19.1. The maximum atomic E-state index is 5.13. The van der Waals surface area contributed by atoms with Crippen molar-refractivity contribution in [1.82, 2.24) is 0 Å². The van der Waals surface area contributed by atoms with Crippen LogP contribution in [0.5, 0.6) is 0 Å². The average molecular weight is 589 g/mol. The third-order valence-electron chi connectivity index (χ3n) is 5.45. The largest absolute Gasteiger partial charge is 0.358 e. The van der Waals surface area contributed by atoms with Crippen LogP contribution in [0.1, 0.15) is 0 Å². The summed E-state index contributed by atoms with van der Waals surface area (Å²) < 4.78 is 3.37. The number of halogens is 2. The van der Waals surface area contributed by atoms with Crippen molar-refractivity contribution in [2.24, 2.45) is 0 Å². The summed E-state index contributed by atoms with van der Waals surface area (Å²) in [5.74, 6) is 0. The van der Waals surface area contributed by atoms with Crippen LogP contribution in [0.15, 0.2) is 133 Å². The van der Waals surface area contributed by atoms with Crippen LogP contribution in [-0.2, 0) is 18.9 Å². The zero-order chi connectivity index (χ0) is 23.8. The molecule has 0 N–H and O–H groups in total. The van der Waals surface area contributed by atoms with Gasteiger partial charge in [0.05, 0.1) is 0 Å². The predicted molar refractivity (Wildman–Crippen MR) is 162 cm³/mol.